The molecule has 4 rings (SSSR count). The van der Waals surface area contributed by atoms with E-state index >= 15 is 0 Å². The highest BCUT2D eigenvalue weighted by Crippen LogP contribution is 2.37. The van der Waals surface area contributed by atoms with E-state index in [0.717, 1.165) is 38.3 Å². The molecule has 7 nitrogen and oxygen atoms in total. The average Bonchev–Trinajstić information content (AvgIpc) is 3.22. The van der Waals surface area contributed by atoms with Crippen molar-refractivity contribution in [3.05, 3.63) is 71.5 Å². The molecule has 2 heterocycles. The molecule has 0 aromatic heterocycles. The maximum atomic E-state index is 13.2. The summed E-state index contributed by atoms with van der Waals surface area (Å²) in [6, 6.07) is 15.3. The van der Waals surface area contributed by atoms with Gasteiger partial charge in [-0.05, 0) is 43.7 Å². The molecule has 0 bridgehead atoms. The van der Waals surface area contributed by atoms with Crippen molar-refractivity contribution in [1.29, 1.82) is 0 Å². The minimum atomic E-state index is -1.19. The largest absolute Gasteiger partial charge is 0.338 e. The lowest BCUT2D eigenvalue weighted by molar-refractivity contribution is -0.124. The quantitative estimate of drug-likeness (QED) is 0.588. The molecule has 3 N–H and O–H groups in total. The number of carbonyl (C=O) groups is 2. The molecule has 2 aromatic carbocycles. The fourth-order valence-electron chi connectivity index (χ4n) is 4.00. The van der Waals surface area contributed by atoms with Crippen LogP contribution in [-0.2, 0) is 4.79 Å². The Morgan fingerprint density at radius 1 is 1.12 bits per heavy atom. The normalized spacial score (nSPS) is 21.1. The van der Waals surface area contributed by atoms with E-state index in [0.29, 0.717) is 5.17 Å². The number of rotatable bonds is 6. The maximum Gasteiger partial charge on any atom is 0.252 e. The van der Waals surface area contributed by atoms with Crippen LogP contribution in [0.25, 0.3) is 0 Å². The average molecular weight is 484 g/mol. The summed E-state index contributed by atoms with van der Waals surface area (Å²) in [5.41, 5.74) is 0.214. The smallest absolute Gasteiger partial charge is 0.252 e. The molecule has 2 aliphatic rings. The summed E-state index contributed by atoms with van der Waals surface area (Å²) in [4.78, 5) is 32.9. The molecule has 9 heteroatoms. The first kappa shape index (κ1) is 24.4. The third-order valence-electron chi connectivity index (χ3n) is 5.98. The van der Waals surface area contributed by atoms with Crippen molar-refractivity contribution in [1.82, 2.24) is 20.9 Å². The number of thioether (sulfide) groups is 1. The SMILES string of the molecule is CC(C)(NC(=O)c1ccc(F)cc1)C(=O)NC1=NC(c2ccccc2)C(CN2CCNCC2)S1. The van der Waals surface area contributed by atoms with Crippen LogP contribution < -0.4 is 16.0 Å². The zero-order valence-electron chi connectivity index (χ0n) is 19.4. The zero-order chi connectivity index (χ0) is 24.1. The van der Waals surface area contributed by atoms with Gasteiger partial charge in [0.1, 0.15) is 11.4 Å². The lowest BCUT2D eigenvalue weighted by atomic mass is 10.0. The van der Waals surface area contributed by atoms with Crippen LogP contribution in [0, 0.1) is 5.82 Å². The Bertz CT molecular complexity index is 1040. The van der Waals surface area contributed by atoms with Gasteiger partial charge >= 0.3 is 0 Å². The van der Waals surface area contributed by atoms with Crippen molar-refractivity contribution < 1.29 is 14.0 Å². The van der Waals surface area contributed by atoms with Gasteiger partial charge in [-0.1, -0.05) is 42.1 Å². The van der Waals surface area contributed by atoms with E-state index in [1.165, 1.54) is 24.3 Å². The first-order valence-corrected chi connectivity index (χ1v) is 12.3. The number of aliphatic imine (C=N–C) groups is 1. The Morgan fingerprint density at radius 3 is 2.47 bits per heavy atom. The summed E-state index contributed by atoms with van der Waals surface area (Å²) in [5.74, 6) is -1.23. The highest BCUT2D eigenvalue weighted by molar-refractivity contribution is 8.14. The summed E-state index contributed by atoms with van der Waals surface area (Å²) >= 11 is 1.57. The van der Waals surface area contributed by atoms with Crippen molar-refractivity contribution >= 4 is 28.7 Å². The van der Waals surface area contributed by atoms with E-state index in [1.54, 1.807) is 25.6 Å². The molecule has 180 valence electrons. The monoisotopic (exact) mass is 483 g/mol. The molecule has 2 amide bonds. The van der Waals surface area contributed by atoms with Crippen LogP contribution in [0.3, 0.4) is 0 Å². The predicted molar refractivity (Wildman–Crippen MR) is 133 cm³/mol. The Kier molecular flexibility index (Phi) is 7.65. The molecule has 0 saturated carbocycles. The van der Waals surface area contributed by atoms with Gasteiger partial charge in [-0.2, -0.15) is 0 Å². The molecule has 0 spiro atoms. The minimum Gasteiger partial charge on any atom is -0.338 e. The molecule has 0 aliphatic carbocycles. The highest BCUT2D eigenvalue weighted by Gasteiger charge is 2.36. The Hall–Kier alpha value is -2.75. The number of nitrogens with one attached hydrogen (secondary N) is 3. The number of amidine groups is 1. The van der Waals surface area contributed by atoms with Gasteiger partial charge in [0.15, 0.2) is 5.17 Å². The van der Waals surface area contributed by atoms with Gasteiger partial charge in [-0.3, -0.25) is 19.5 Å². The first-order chi connectivity index (χ1) is 16.3. The van der Waals surface area contributed by atoms with Gasteiger partial charge in [0.2, 0.25) is 0 Å². The van der Waals surface area contributed by atoms with Crippen molar-refractivity contribution in [3.63, 3.8) is 0 Å². The molecular formula is C25H30FN5O2S. The van der Waals surface area contributed by atoms with Crippen LogP contribution >= 0.6 is 11.8 Å². The summed E-state index contributed by atoms with van der Waals surface area (Å²) in [7, 11) is 0. The number of benzene rings is 2. The minimum absolute atomic E-state index is 0.0618. The van der Waals surface area contributed by atoms with Crippen molar-refractivity contribution in [2.45, 2.75) is 30.7 Å². The topological polar surface area (TPSA) is 85.8 Å². The van der Waals surface area contributed by atoms with Crippen LogP contribution in [0.15, 0.2) is 59.6 Å². The number of halogens is 1. The molecule has 2 aromatic rings. The zero-order valence-corrected chi connectivity index (χ0v) is 20.2. The predicted octanol–water partition coefficient (Wildman–Crippen LogP) is 2.57. The van der Waals surface area contributed by atoms with Gasteiger partial charge in [-0.25, -0.2) is 4.39 Å². The molecule has 2 atom stereocenters. The molecule has 1 fully saturated rings. The van der Waals surface area contributed by atoms with Crippen LogP contribution in [0.5, 0.6) is 0 Å². The molecule has 2 unspecified atom stereocenters. The number of piperazine rings is 1. The third kappa shape index (κ3) is 6.02. The van der Waals surface area contributed by atoms with Crippen LogP contribution in [0.4, 0.5) is 4.39 Å². The van der Waals surface area contributed by atoms with E-state index in [1.807, 2.05) is 18.2 Å². The fourth-order valence-corrected chi connectivity index (χ4v) is 5.25. The first-order valence-electron chi connectivity index (χ1n) is 11.4. The van der Waals surface area contributed by atoms with E-state index in [9.17, 15) is 14.0 Å². The molecule has 34 heavy (non-hydrogen) atoms. The van der Waals surface area contributed by atoms with Crippen LogP contribution in [-0.4, -0.2) is 65.4 Å². The second kappa shape index (κ2) is 10.7. The molecule has 2 aliphatic heterocycles. The number of hydrogen-bond donors (Lipinski definition) is 3. The van der Waals surface area contributed by atoms with Crippen molar-refractivity contribution in [3.8, 4) is 0 Å². The summed E-state index contributed by atoms with van der Waals surface area (Å²) < 4.78 is 13.2. The van der Waals surface area contributed by atoms with E-state index in [-0.39, 0.29) is 22.8 Å². The van der Waals surface area contributed by atoms with Gasteiger partial charge in [0, 0.05) is 38.3 Å². The second-order valence-electron chi connectivity index (χ2n) is 9.04. The van der Waals surface area contributed by atoms with Crippen LogP contribution in [0.2, 0.25) is 0 Å². The lowest BCUT2D eigenvalue weighted by Crippen LogP contribution is -2.55. The number of carbonyl (C=O) groups excluding carboxylic acids is 2. The molecule has 1 saturated heterocycles. The fraction of sp³-hybridized carbons (Fsp3) is 0.400. The van der Waals surface area contributed by atoms with Gasteiger partial charge < -0.3 is 16.0 Å². The second-order valence-corrected chi connectivity index (χ2v) is 10.3. The number of amides is 2. The van der Waals surface area contributed by atoms with E-state index in [2.05, 4.69) is 33.0 Å². The summed E-state index contributed by atoms with van der Waals surface area (Å²) in [6.07, 6.45) is 0. The van der Waals surface area contributed by atoms with Gasteiger partial charge in [0.25, 0.3) is 11.8 Å². The number of nitrogens with zero attached hydrogens (tertiary/aromatic N) is 2. The van der Waals surface area contributed by atoms with Crippen molar-refractivity contribution in [2.24, 2.45) is 4.99 Å². The van der Waals surface area contributed by atoms with Crippen LogP contribution in [0.1, 0.15) is 35.8 Å². The van der Waals surface area contributed by atoms with Gasteiger partial charge in [-0.15, -0.1) is 0 Å². The Morgan fingerprint density at radius 2 is 1.79 bits per heavy atom. The Labute approximate surface area is 203 Å². The van der Waals surface area contributed by atoms with Crippen molar-refractivity contribution in [2.75, 3.05) is 32.7 Å². The molecular weight excluding hydrogens is 453 g/mol. The standard InChI is InChI=1S/C25H30FN5O2S/c1-25(2,30-22(32)18-8-10-19(26)11-9-18)23(33)29-24-28-21(17-6-4-3-5-7-17)20(34-24)16-31-14-12-27-13-15-31/h3-11,20-21,27H,12-16H2,1-2H3,(H,30,32)(H,28,29,33). The third-order valence-corrected chi connectivity index (χ3v) is 7.12. The lowest BCUT2D eigenvalue weighted by Gasteiger charge is -2.30. The number of hydrogen-bond acceptors (Lipinski definition) is 6. The summed E-state index contributed by atoms with van der Waals surface area (Å²) in [5, 5.41) is 9.76. The van der Waals surface area contributed by atoms with E-state index < -0.39 is 17.3 Å². The van der Waals surface area contributed by atoms with Gasteiger partial charge in [0.05, 0.1) is 11.3 Å². The highest BCUT2D eigenvalue weighted by atomic mass is 32.2. The van der Waals surface area contributed by atoms with E-state index in [4.69, 9.17) is 4.99 Å². The molecule has 0 radical (unpaired) electrons. The summed E-state index contributed by atoms with van der Waals surface area (Å²) in [6.45, 7) is 8.07. The maximum absolute atomic E-state index is 13.2. The Balaban J connectivity index is 1.44.